The number of rotatable bonds is 6. The molecule has 152 valence electrons. The Morgan fingerprint density at radius 3 is 2.44 bits per heavy atom. The molecule has 1 N–H and O–H groups in total. The van der Waals surface area contributed by atoms with Gasteiger partial charge in [-0.05, 0) is 37.1 Å². The van der Waals surface area contributed by atoms with Crippen LogP contribution in [-0.2, 0) is 19.6 Å². The molecule has 0 aliphatic carbocycles. The van der Waals surface area contributed by atoms with Crippen molar-refractivity contribution in [2.24, 2.45) is 0 Å². The number of amides is 1. The van der Waals surface area contributed by atoms with Gasteiger partial charge < -0.3 is 15.0 Å². The number of nitrogens with one attached hydrogen (secondary N) is 1. The minimum absolute atomic E-state index is 0. The van der Waals surface area contributed by atoms with Crippen molar-refractivity contribution in [2.75, 3.05) is 45.9 Å². The van der Waals surface area contributed by atoms with E-state index in [0.717, 1.165) is 31.6 Å². The number of ether oxygens (including phenoxy) is 1. The van der Waals surface area contributed by atoms with Crippen molar-refractivity contribution in [3.63, 3.8) is 0 Å². The van der Waals surface area contributed by atoms with E-state index in [1.54, 1.807) is 4.90 Å². The molecule has 3 rings (SSSR count). The lowest BCUT2D eigenvalue weighted by Crippen LogP contribution is -2.52. The molecule has 10 heteroatoms. The van der Waals surface area contributed by atoms with Crippen molar-refractivity contribution in [1.29, 1.82) is 0 Å². The van der Waals surface area contributed by atoms with Gasteiger partial charge in [-0.15, -0.1) is 12.4 Å². The van der Waals surface area contributed by atoms with Crippen LogP contribution in [0.1, 0.15) is 12.8 Å². The van der Waals surface area contributed by atoms with Crippen LogP contribution in [0.15, 0.2) is 29.2 Å². The Bertz CT molecular complexity index is 718. The number of carbonyl (C=O) groups is 1. The number of sulfonamides is 1. The smallest absolute Gasteiger partial charge is 0.243 e. The molecule has 0 spiro atoms. The molecule has 0 bridgehead atoms. The van der Waals surface area contributed by atoms with Gasteiger partial charge >= 0.3 is 0 Å². The number of benzene rings is 1. The van der Waals surface area contributed by atoms with E-state index in [2.05, 4.69) is 5.32 Å². The van der Waals surface area contributed by atoms with Crippen LogP contribution in [0.2, 0.25) is 0 Å². The Labute approximate surface area is 165 Å². The van der Waals surface area contributed by atoms with Crippen LogP contribution in [-0.4, -0.2) is 75.5 Å². The van der Waals surface area contributed by atoms with Gasteiger partial charge in [0.1, 0.15) is 5.82 Å². The topological polar surface area (TPSA) is 79.0 Å². The van der Waals surface area contributed by atoms with Crippen LogP contribution in [0.4, 0.5) is 4.39 Å². The summed E-state index contributed by atoms with van der Waals surface area (Å²) in [5, 5.41) is 3.11. The summed E-state index contributed by atoms with van der Waals surface area (Å²) in [4.78, 5) is 14.0. The molecule has 1 amide bonds. The first kappa shape index (κ1) is 22.0. The predicted molar refractivity (Wildman–Crippen MR) is 101 cm³/mol. The van der Waals surface area contributed by atoms with E-state index < -0.39 is 15.8 Å². The average molecular weight is 422 g/mol. The standard InChI is InChI=1S/C17H24FN3O4S.ClH/c18-14-3-5-16(6-4-14)26(23,24)21-9-7-20(8-10-21)17(22)13-19-12-15-2-1-11-25-15;/h3-6,15,19H,1-2,7-13H2;1H. The molecule has 7 nitrogen and oxygen atoms in total. The number of nitrogens with zero attached hydrogens (tertiary/aromatic N) is 2. The van der Waals surface area contributed by atoms with Crippen LogP contribution >= 0.6 is 12.4 Å². The van der Waals surface area contributed by atoms with Gasteiger partial charge in [0.15, 0.2) is 0 Å². The molecular formula is C17H25ClFN3O4S. The lowest BCUT2D eigenvalue weighted by atomic mass is 10.2. The van der Waals surface area contributed by atoms with E-state index in [0.29, 0.717) is 19.6 Å². The highest BCUT2D eigenvalue weighted by Gasteiger charge is 2.30. The molecule has 0 aromatic heterocycles. The number of hydrogen-bond donors (Lipinski definition) is 1. The maximum Gasteiger partial charge on any atom is 0.243 e. The highest BCUT2D eigenvalue weighted by atomic mass is 35.5. The quantitative estimate of drug-likeness (QED) is 0.736. The van der Waals surface area contributed by atoms with Crippen molar-refractivity contribution in [3.8, 4) is 0 Å². The van der Waals surface area contributed by atoms with Gasteiger partial charge in [0.05, 0.1) is 17.5 Å². The van der Waals surface area contributed by atoms with Crippen molar-refractivity contribution in [1.82, 2.24) is 14.5 Å². The molecular weight excluding hydrogens is 397 g/mol. The molecule has 2 heterocycles. The Kier molecular flexibility index (Phi) is 7.99. The number of hydrogen-bond acceptors (Lipinski definition) is 5. The minimum Gasteiger partial charge on any atom is -0.377 e. The fourth-order valence-corrected chi connectivity index (χ4v) is 4.61. The second kappa shape index (κ2) is 9.79. The third-order valence-electron chi connectivity index (χ3n) is 4.71. The molecule has 1 unspecified atom stereocenters. The maximum atomic E-state index is 13.0. The van der Waals surface area contributed by atoms with E-state index >= 15 is 0 Å². The number of carbonyl (C=O) groups excluding carboxylic acids is 1. The SMILES string of the molecule is Cl.O=C(CNCC1CCCO1)N1CCN(S(=O)(=O)c2ccc(F)cc2)CC1. The fraction of sp³-hybridized carbons (Fsp3) is 0.588. The first-order chi connectivity index (χ1) is 12.5. The lowest BCUT2D eigenvalue weighted by Gasteiger charge is -2.34. The first-order valence-corrected chi connectivity index (χ1v) is 10.3. The van der Waals surface area contributed by atoms with Crippen molar-refractivity contribution < 1.29 is 22.3 Å². The van der Waals surface area contributed by atoms with E-state index in [-0.39, 0.29) is 48.9 Å². The van der Waals surface area contributed by atoms with Gasteiger partial charge in [0.2, 0.25) is 15.9 Å². The zero-order chi connectivity index (χ0) is 18.6. The van der Waals surface area contributed by atoms with Gasteiger partial charge in [-0.1, -0.05) is 0 Å². The van der Waals surface area contributed by atoms with Gasteiger partial charge in [0.25, 0.3) is 0 Å². The predicted octanol–water partition coefficient (Wildman–Crippen LogP) is 0.849. The largest absolute Gasteiger partial charge is 0.377 e. The van der Waals surface area contributed by atoms with E-state index in [9.17, 15) is 17.6 Å². The fourth-order valence-electron chi connectivity index (χ4n) is 3.19. The molecule has 0 radical (unpaired) electrons. The molecule has 0 saturated carbocycles. The second-order valence-electron chi connectivity index (χ2n) is 6.50. The first-order valence-electron chi connectivity index (χ1n) is 8.82. The van der Waals surface area contributed by atoms with Gasteiger partial charge in [-0.25, -0.2) is 12.8 Å². The Balaban J connectivity index is 0.00000261. The lowest BCUT2D eigenvalue weighted by molar-refractivity contribution is -0.131. The summed E-state index contributed by atoms with van der Waals surface area (Å²) < 4.78 is 45.0. The normalized spacial score (nSPS) is 21.1. The van der Waals surface area contributed by atoms with E-state index in [1.807, 2.05) is 0 Å². The summed E-state index contributed by atoms with van der Waals surface area (Å²) in [6.07, 6.45) is 2.26. The third-order valence-corrected chi connectivity index (χ3v) is 6.63. The zero-order valence-electron chi connectivity index (χ0n) is 15.0. The zero-order valence-corrected chi connectivity index (χ0v) is 16.6. The van der Waals surface area contributed by atoms with Crippen molar-refractivity contribution in [3.05, 3.63) is 30.1 Å². The summed E-state index contributed by atoms with van der Waals surface area (Å²) in [5.74, 6) is -0.517. The van der Waals surface area contributed by atoms with Crippen LogP contribution < -0.4 is 5.32 Å². The summed E-state index contributed by atoms with van der Waals surface area (Å²) in [6, 6.07) is 4.78. The molecule has 1 atom stereocenters. The van der Waals surface area contributed by atoms with Gasteiger partial charge in [0, 0.05) is 39.3 Å². The summed E-state index contributed by atoms with van der Waals surface area (Å²) >= 11 is 0. The van der Waals surface area contributed by atoms with E-state index in [1.165, 1.54) is 16.4 Å². The average Bonchev–Trinajstić information content (AvgIpc) is 3.15. The molecule has 2 aliphatic rings. The monoisotopic (exact) mass is 421 g/mol. The minimum atomic E-state index is -3.66. The molecule has 27 heavy (non-hydrogen) atoms. The van der Waals surface area contributed by atoms with Crippen LogP contribution in [0.5, 0.6) is 0 Å². The molecule has 1 aromatic carbocycles. The number of piperazine rings is 1. The molecule has 2 fully saturated rings. The van der Waals surface area contributed by atoms with E-state index in [4.69, 9.17) is 4.74 Å². The van der Waals surface area contributed by atoms with Gasteiger partial charge in [-0.2, -0.15) is 4.31 Å². The highest BCUT2D eigenvalue weighted by molar-refractivity contribution is 7.89. The molecule has 2 saturated heterocycles. The van der Waals surface area contributed by atoms with Crippen LogP contribution in [0.25, 0.3) is 0 Å². The summed E-state index contributed by atoms with van der Waals surface area (Å²) in [7, 11) is -3.66. The van der Waals surface area contributed by atoms with Crippen LogP contribution in [0, 0.1) is 5.82 Å². The highest BCUT2D eigenvalue weighted by Crippen LogP contribution is 2.18. The Morgan fingerprint density at radius 2 is 1.85 bits per heavy atom. The van der Waals surface area contributed by atoms with Crippen LogP contribution in [0.3, 0.4) is 0 Å². The summed E-state index contributed by atoms with van der Waals surface area (Å²) in [6.45, 7) is 2.83. The molecule has 1 aromatic rings. The number of halogens is 2. The maximum absolute atomic E-state index is 13.0. The Morgan fingerprint density at radius 1 is 1.19 bits per heavy atom. The Hall–Kier alpha value is -1.26. The van der Waals surface area contributed by atoms with Crippen molar-refractivity contribution in [2.45, 2.75) is 23.8 Å². The van der Waals surface area contributed by atoms with Gasteiger partial charge in [-0.3, -0.25) is 4.79 Å². The van der Waals surface area contributed by atoms with Crippen molar-refractivity contribution >= 4 is 28.3 Å². The molecule has 2 aliphatic heterocycles. The summed E-state index contributed by atoms with van der Waals surface area (Å²) in [5.41, 5.74) is 0. The second-order valence-corrected chi connectivity index (χ2v) is 8.44. The third kappa shape index (κ3) is 5.61.